The van der Waals surface area contributed by atoms with Crippen molar-refractivity contribution in [1.82, 2.24) is 5.32 Å². The van der Waals surface area contributed by atoms with E-state index in [9.17, 15) is 22.8 Å². The van der Waals surface area contributed by atoms with Crippen LogP contribution in [-0.2, 0) is 15.7 Å². The summed E-state index contributed by atoms with van der Waals surface area (Å²) in [5.41, 5.74) is -1.55. The highest BCUT2D eigenvalue weighted by atomic mass is 19.4. The number of ether oxygens (including phenoxy) is 1. The zero-order valence-electron chi connectivity index (χ0n) is 9.38. The largest absolute Gasteiger partial charge is 0.445 e. The number of rotatable bonds is 3. The van der Waals surface area contributed by atoms with Crippen LogP contribution in [0.4, 0.5) is 13.2 Å². The van der Waals surface area contributed by atoms with Crippen LogP contribution in [0.25, 0.3) is 0 Å². The fourth-order valence-corrected chi connectivity index (χ4v) is 1.23. The molecule has 0 spiro atoms. The molecule has 4 nitrogen and oxygen atoms in total. The summed E-state index contributed by atoms with van der Waals surface area (Å²) in [5.74, 6) is -1.59. The van der Waals surface area contributed by atoms with Gasteiger partial charge < -0.3 is 10.1 Å². The Morgan fingerprint density at radius 3 is 2.44 bits per heavy atom. The molecular formula is C11H10F3NO3. The Morgan fingerprint density at radius 2 is 1.89 bits per heavy atom. The fourth-order valence-electron chi connectivity index (χ4n) is 1.23. The normalized spacial score (nSPS) is 10.9. The topological polar surface area (TPSA) is 55.4 Å². The molecule has 0 heterocycles. The first-order chi connectivity index (χ1) is 8.32. The lowest BCUT2D eigenvalue weighted by molar-refractivity contribution is -0.141. The lowest BCUT2D eigenvalue weighted by atomic mass is 10.1. The molecular weight excluding hydrogens is 251 g/mol. The summed E-state index contributed by atoms with van der Waals surface area (Å²) in [6, 6.07) is 4.36. The number of alkyl halides is 3. The Bertz CT molecular complexity index is 457. The summed E-state index contributed by atoms with van der Waals surface area (Å²) in [6.45, 7) is 0.649. The number of carbonyl (C=O) groups excluding carboxylic acids is 2. The number of hydrogen-bond donors (Lipinski definition) is 1. The molecule has 7 heteroatoms. The summed E-state index contributed by atoms with van der Waals surface area (Å²) in [6.07, 6.45) is -4.62. The Hall–Kier alpha value is -2.05. The Labute approximate surface area is 101 Å². The molecule has 0 atom stereocenters. The molecule has 18 heavy (non-hydrogen) atoms. The molecule has 1 amide bonds. The lowest BCUT2D eigenvalue weighted by Gasteiger charge is -2.12. The maximum absolute atomic E-state index is 12.6. The van der Waals surface area contributed by atoms with Gasteiger partial charge in [0.25, 0.3) is 5.91 Å². The van der Waals surface area contributed by atoms with Gasteiger partial charge in [-0.15, -0.1) is 0 Å². The molecule has 0 radical (unpaired) electrons. The molecule has 1 aromatic rings. The van der Waals surface area contributed by atoms with Crippen molar-refractivity contribution in [2.45, 2.75) is 13.1 Å². The van der Waals surface area contributed by atoms with E-state index >= 15 is 0 Å². The van der Waals surface area contributed by atoms with Gasteiger partial charge in [-0.1, -0.05) is 12.1 Å². The average Bonchev–Trinajstić information content (AvgIpc) is 2.27. The van der Waals surface area contributed by atoms with Crippen LogP contribution in [0.15, 0.2) is 24.3 Å². The molecule has 0 aliphatic heterocycles. The molecule has 1 aromatic carbocycles. The first-order valence-electron chi connectivity index (χ1n) is 4.90. The van der Waals surface area contributed by atoms with Crippen molar-refractivity contribution in [3.63, 3.8) is 0 Å². The minimum absolute atomic E-state index is 0.472. The van der Waals surface area contributed by atoms with Crippen molar-refractivity contribution in [3.05, 3.63) is 35.4 Å². The molecule has 0 aliphatic carbocycles. The van der Waals surface area contributed by atoms with Gasteiger partial charge in [-0.05, 0) is 12.1 Å². The zero-order valence-corrected chi connectivity index (χ0v) is 9.38. The second kappa shape index (κ2) is 5.52. The van der Waals surface area contributed by atoms with Crippen LogP contribution in [-0.4, -0.2) is 18.6 Å². The SMILES string of the molecule is CC(=O)OCNC(=O)c1ccccc1C(F)(F)F. The van der Waals surface area contributed by atoms with Gasteiger partial charge in [0.2, 0.25) is 0 Å². The first-order valence-corrected chi connectivity index (χ1v) is 4.90. The van der Waals surface area contributed by atoms with E-state index in [4.69, 9.17) is 0 Å². The number of nitrogens with one attached hydrogen (secondary N) is 1. The minimum Gasteiger partial charge on any atom is -0.445 e. The summed E-state index contributed by atoms with van der Waals surface area (Å²) < 4.78 is 42.2. The molecule has 1 N–H and O–H groups in total. The van der Waals surface area contributed by atoms with E-state index < -0.39 is 35.9 Å². The highest BCUT2D eigenvalue weighted by Crippen LogP contribution is 2.31. The number of halogens is 3. The monoisotopic (exact) mass is 261 g/mol. The van der Waals surface area contributed by atoms with Crippen molar-refractivity contribution >= 4 is 11.9 Å². The van der Waals surface area contributed by atoms with E-state index in [1.54, 1.807) is 0 Å². The molecule has 98 valence electrons. The van der Waals surface area contributed by atoms with Crippen LogP contribution in [0.1, 0.15) is 22.8 Å². The lowest BCUT2D eigenvalue weighted by Crippen LogP contribution is -2.29. The Kier molecular flexibility index (Phi) is 4.30. The highest BCUT2D eigenvalue weighted by molar-refractivity contribution is 5.95. The zero-order chi connectivity index (χ0) is 13.8. The van der Waals surface area contributed by atoms with Crippen molar-refractivity contribution in [2.75, 3.05) is 6.73 Å². The van der Waals surface area contributed by atoms with Crippen LogP contribution in [0.3, 0.4) is 0 Å². The van der Waals surface area contributed by atoms with E-state index in [1.165, 1.54) is 12.1 Å². The predicted octanol–water partition coefficient (Wildman–Crippen LogP) is 1.96. The number of hydrogen-bond acceptors (Lipinski definition) is 3. The van der Waals surface area contributed by atoms with Gasteiger partial charge in [0, 0.05) is 6.92 Å². The van der Waals surface area contributed by atoms with Crippen LogP contribution < -0.4 is 5.32 Å². The minimum atomic E-state index is -4.62. The Morgan fingerprint density at radius 1 is 1.28 bits per heavy atom. The molecule has 1 rings (SSSR count). The number of benzene rings is 1. The van der Waals surface area contributed by atoms with E-state index in [1.807, 2.05) is 0 Å². The average molecular weight is 261 g/mol. The van der Waals surface area contributed by atoms with Crippen molar-refractivity contribution < 1.29 is 27.5 Å². The van der Waals surface area contributed by atoms with Gasteiger partial charge in [0.1, 0.15) is 0 Å². The summed E-state index contributed by atoms with van der Waals surface area (Å²) in [7, 11) is 0. The van der Waals surface area contributed by atoms with Gasteiger partial charge >= 0.3 is 12.1 Å². The van der Waals surface area contributed by atoms with Crippen LogP contribution >= 0.6 is 0 Å². The van der Waals surface area contributed by atoms with Gasteiger partial charge in [0.15, 0.2) is 6.73 Å². The molecule has 0 fully saturated rings. The first kappa shape index (κ1) is 14.0. The van der Waals surface area contributed by atoms with Crippen LogP contribution in [0.5, 0.6) is 0 Å². The number of amides is 1. The van der Waals surface area contributed by atoms with Crippen molar-refractivity contribution in [2.24, 2.45) is 0 Å². The van der Waals surface area contributed by atoms with Gasteiger partial charge in [-0.2, -0.15) is 13.2 Å². The van der Waals surface area contributed by atoms with Crippen molar-refractivity contribution in [1.29, 1.82) is 0 Å². The maximum atomic E-state index is 12.6. The predicted molar refractivity (Wildman–Crippen MR) is 55.5 cm³/mol. The standard InChI is InChI=1S/C11H10F3NO3/c1-7(16)18-6-15-10(17)8-4-2-3-5-9(8)11(12,13)14/h2-5H,6H2,1H3,(H,15,17). The molecule has 0 saturated carbocycles. The molecule has 0 aromatic heterocycles. The highest BCUT2D eigenvalue weighted by Gasteiger charge is 2.34. The summed E-state index contributed by atoms with van der Waals surface area (Å²) in [4.78, 5) is 21.9. The quantitative estimate of drug-likeness (QED) is 0.668. The molecule has 0 bridgehead atoms. The maximum Gasteiger partial charge on any atom is 0.417 e. The number of carbonyl (C=O) groups is 2. The van der Waals surface area contributed by atoms with E-state index in [2.05, 4.69) is 10.1 Å². The molecule has 0 aliphatic rings. The molecule has 0 unspecified atom stereocenters. The third-order valence-corrected chi connectivity index (χ3v) is 1.99. The van der Waals surface area contributed by atoms with Gasteiger partial charge in [0.05, 0.1) is 11.1 Å². The summed E-state index contributed by atoms with van der Waals surface area (Å²) in [5, 5.41) is 2.06. The summed E-state index contributed by atoms with van der Waals surface area (Å²) >= 11 is 0. The third kappa shape index (κ3) is 3.76. The second-order valence-electron chi connectivity index (χ2n) is 3.33. The molecule has 0 saturated heterocycles. The van der Waals surface area contributed by atoms with Crippen LogP contribution in [0, 0.1) is 0 Å². The smallest absolute Gasteiger partial charge is 0.417 e. The van der Waals surface area contributed by atoms with Gasteiger partial charge in [-0.25, -0.2) is 0 Å². The van der Waals surface area contributed by atoms with E-state index in [0.29, 0.717) is 0 Å². The van der Waals surface area contributed by atoms with Crippen LogP contribution in [0.2, 0.25) is 0 Å². The van der Waals surface area contributed by atoms with E-state index in [-0.39, 0.29) is 0 Å². The number of esters is 1. The van der Waals surface area contributed by atoms with Gasteiger partial charge in [-0.3, -0.25) is 9.59 Å². The second-order valence-corrected chi connectivity index (χ2v) is 3.33. The van der Waals surface area contributed by atoms with E-state index in [0.717, 1.165) is 19.1 Å². The third-order valence-electron chi connectivity index (χ3n) is 1.99. The van der Waals surface area contributed by atoms with Crippen molar-refractivity contribution in [3.8, 4) is 0 Å². The fraction of sp³-hybridized carbons (Fsp3) is 0.273. The Balaban J connectivity index is 2.83.